The van der Waals surface area contributed by atoms with Crippen molar-refractivity contribution in [2.24, 2.45) is 11.3 Å². The molecule has 6 nitrogen and oxygen atoms in total. The molecule has 1 aliphatic carbocycles. The third-order valence-corrected chi connectivity index (χ3v) is 5.60. The Labute approximate surface area is 125 Å². The standard InChI is InChI=1S/C15H25N3O3/c1-17-6-2-11(3-7-17)16-13(19)12-10-15(12)4-8-18(9-5-15)14(20)21/h11-12H,2-10H2,1H3,(H,16,19)(H,20,21)/t12-/m1/s1. The molecule has 2 N–H and O–H groups in total. The second-order valence-corrected chi connectivity index (χ2v) is 6.97. The Bertz CT molecular complexity index is 424. The molecule has 0 unspecified atom stereocenters. The topological polar surface area (TPSA) is 72.9 Å². The lowest BCUT2D eigenvalue weighted by atomic mass is 9.90. The van der Waals surface area contributed by atoms with Crippen LogP contribution in [0.3, 0.4) is 0 Å². The van der Waals surface area contributed by atoms with Crippen molar-refractivity contribution in [3.05, 3.63) is 0 Å². The van der Waals surface area contributed by atoms with Crippen LogP contribution in [0.4, 0.5) is 4.79 Å². The summed E-state index contributed by atoms with van der Waals surface area (Å²) in [5.41, 5.74) is 0.0987. The van der Waals surface area contributed by atoms with E-state index in [-0.39, 0.29) is 17.2 Å². The number of amides is 2. The minimum Gasteiger partial charge on any atom is -0.465 e. The molecule has 0 aromatic carbocycles. The number of hydrogen-bond donors (Lipinski definition) is 2. The molecule has 1 spiro atoms. The van der Waals surface area contributed by atoms with E-state index in [9.17, 15) is 9.59 Å². The van der Waals surface area contributed by atoms with E-state index < -0.39 is 6.09 Å². The largest absolute Gasteiger partial charge is 0.465 e. The Hall–Kier alpha value is -1.30. The molecular weight excluding hydrogens is 270 g/mol. The molecule has 1 atom stereocenters. The Morgan fingerprint density at radius 1 is 1.14 bits per heavy atom. The van der Waals surface area contributed by atoms with Gasteiger partial charge < -0.3 is 20.2 Å². The third-order valence-electron chi connectivity index (χ3n) is 5.60. The molecule has 3 rings (SSSR count). The number of carboxylic acid groups (broad SMARTS) is 1. The lowest BCUT2D eigenvalue weighted by Gasteiger charge is -2.32. The van der Waals surface area contributed by atoms with Gasteiger partial charge in [0.1, 0.15) is 0 Å². The lowest BCUT2D eigenvalue weighted by molar-refractivity contribution is -0.124. The van der Waals surface area contributed by atoms with E-state index in [0.29, 0.717) is 19.1 Å². The van der Waals surface area contributed by atoms with Gasteiger partial charge in [0.2, 0.25) is 5.91 Å². The van der Waals surface area contributed by atoms with Crippen LogP contribution in [0.25, 0.3) is 0 Å². The highest BCUT2D eigenvalue weighted by atomic mass is 16.4. The summed E-state index contributed by atoms with van der Waals surface area (Å²) in [6, 6.07) is 0.324. The number of nitrogens with one attached hydrogen (secondary N) is 1. The summed E-state index contributed by atoms with van der Waals surface area (Å²) in [7, 11) is 2.12. The van der Waals surface area contributed by atoms with Crippen molar-refractivity contribution in [1.29, 1.82) is 0 Å². The Balaban J connectivity index is 1.47. The molecule has 3 fully saturated rings. The van der Waals surface area contributed by atoms with E-state index in [1.54, 1.807) is 0 Å². The highest BCUT2D eigenvalue weighted by Gasteiger charge is 2.58. The summed E-state index contributed by atoms with van der Waals surface area (Å²) in [5.74, 6) is 0.321. The van der Waals surface area contributed by atoms with Crippen LogP contribution in [0, 0.1) is 11.3 Å². The monoisotopic (exact) mass is 295 g/mol. The summed E-state index contributed by atoms with van der Waals surface area (Å²) in [6.45, 7) is 3.25. The third kappa shape index (κ3) is 3.00. The van der Waals surface area contributed by atoms with Gasteiger partial charge >= 0.3 is 6.09 Å². The van der Waals surface area contributed by atoms with Crippen molar-refractivity contribution in [3.8, 4) is 0 Å². The maximum atomic E-state index is 12.4. The molecule has 3 aliphatic rings. The quantitative estimate of drug-likeness (QED) is 0.796. The number of likely N-dealkylation sites (tertiary alicyclic amines) is 2. The van der Waals surface area contributed by atoms with Gasteiger partial charge in [0.15, 0.2) is 0 Å². The minimum absolute atomic E-state index is 0.0987. The highest BCUT2D eigenvalue weighted by molar-refractivity contribution is 5.83. The molecule has 0 aromatic heterocycles. The minimum atomic E-state index is -0.835. The fourth-order valence-corrected chi connectivity index (χ4v) is 3.87. The van der Waals surface area contributed by atoms with Crippen molar-refractivity contribution in [2.45, 2.75) is 38.1 Å². The van der Waals surface area contributed by atoms with Crippen molar-refractivity contribution >= 4 is 12.0 Å². The summed E-state index contributed by atoms with van der Waals surface area (Å²) < 4.78 is 0. The molecule has 0 radical (unpaired) electrons. The maximum absolute atomic E-state index is 12.4. The number of rotatable bonds is 2. The van der Waals surface area contributed by atoms with Crippen molar-refractivity contribution in [2.75, 3.05) is 33.2 Å². The first-order chi connectivity index (χ1) is 10.00. The molecule has 0 aromatic rings. The average molecular weight is 295 g/mol. The van der Waals surface area contributed by atoms with E-state index >= 15 is 0 Å². The first-order valence-electron chi connectivity index (χ1n) is 7.97. The van der Waals surface area contributed by atoms with Gasteiger partial charge in [-0.25, -0.2) is 4.79 Å². The van der Waals surface area contributed by atoms with Crippen LogP contribution in [0.2, 0.25) is 0 Å². The van der Waals surface area contributed by atoms with Crippen LogP contribution in [-0.4, -0.2) is 66.2 Å². The molecule has 2 heterocycles. The molecule has 2 amide bonds. The maximum Gasteiger partial charge on any atom is 0.407 e. The van der Waals surface area contributed by atoms with Crippen molar-refractivity contribution < 1.29 is 14.7 Å². The molecular formula is C15H25N3O3. The fourth-order valence-electron chi connectivity index (χ4n) is 3.87. The summed E-state index contributed by atoms with van der Waals surface area (Å²) in [6.07, 6.45) is 3.86. The van der Waals surface area contributed by atoms with Gasteiger partial charge in [-0.2, -0.15) is 0 Å². The zero-order chi connectivity index (χ0) is 15.0. The number of nitrogens with zero attached hydrogens (tertiary/aromatic N) is 2. The molecule has 118 valence electrons. The molecule has 1 saturated carbocycles. The van der Waals surface area contributed by atoms with Crippen molar-refractivity contribution in [3.63, 3.8) is 0 Å². The van der Waals surface area contributed by atoms with E-state index in [4.69, 9.17) is 5.11 Å². The SMILES string of the molecule is CN1CCC(NC(=O)[C@H]2CC23CCN(C(=O)O)CC3)CC1. The Morgan fingerprint density at radius 2 is 1.76 bits per heavy atom. The van der Waals surface area contributed by atoms with Crippen LogP contribution < -0.4 is 5.32 Å². The smallest absolute Gasteiger partial charge is 0.407 e. The summed E-state index contributed by atoms with van der Waals surface area (Å²) >= 11 is 0. The number of hydrogen-bond acceptors (Lipinski definition) is 3. The Kier molecular flexibility index (Phi) is 3.82. The number of carbonyl (C=O) groups is 2. The number of carbonyl (C=O) groups excluding carboxylic acids is 1. The Morgan fingerprint density at radius 3 is 2.33 bits per heavy atom. The molecule has 21 heavy (non-hydrogen) atoms. The van der Waals surface area contributed by atoms with Gasteiger partial charge in [0.25, 0.3) is 0 Å². The first-order valence-corrected chi connectivity index (χ1v) is 7.97. The van der Waals surface area contributed by atoms with E-state index in [2.05, 4.69) is 17.3 Å². The average Bonchev–Trinajstić information content (AvgIpc) is 3.16. The van der Waals surface area contributed by atoms with Gasteiger partial charge in [0, 0.05) is 25.0 Å². The van der Waals surface area contributed by atoms with Crippen LogP contribution in [-0.2, 0) is 4.79 Å². The second-order valence-electron chi connectivity index (χ2n) is 6.97. The van der Waals surface area contributed by atoms with E-state index in [1.807, 2.05) is 0 Å². The van der Waals surface area contributed by atoms with Gasteiger partial charge in [-0.1, -0.05) is 0 Å². The van der Waals surface area contributed by atoms with Crippen molar-refractivity contribution in [1.82, 2.24) is 15.1 Å². The van der Waals surface area contributed by atoms with Gasteiger partial charge in [0.05, 0.1) is 0 Å². The van der Waals surface area contributed by atoms with Gasteiger partial charge in [-0.05, 0) is 57.7 Å². The van der Waals surface area contributed by atoms with Crippen LogP contribution in [0.1, 0.15) is 32.1 Å². The zero-order valence-corrected chi connectivity index (χ0v) is 12.7. The summed E-state index contributed by atoms with van der Waals surface area (Å²) in [4.78, 5) is 27.1. The lowest BCUT2D eigenvalue weighted by Crippen LogP contribution is -2.45. The predicted octanol–water partition coefficient (Wildman–Crippen LogP) is 0.977. The zero-order valence-electron chi connectivity index (χ0n) is 12.7. The first kappa shape index (κ1) is 14.6. The van der Waals surface area contributed by atoms with Crippen LogP contribution in [0.5, 0.6) is 0 Å². The predicted molar refractivity (Wildman–Crippen MR) is 78.0 cm³/mol. The number of piperidine rings is 2. The molecule has 2 saturated heterocycles. The molecule has 6 heteroatoms. The molecule has 0 bridgehead atoms. The van der Waals surface area contributed by atoms with E-state index in [1.165, 1.54) is 4.90 Å². The fraction of sp³-hybridized carbons (Fsp3) is 0.867. The normalized spacial score (nSPS) is 29.4. The van der Waals surface area contributed by atoms with Gasteiger partial charge in [-0.3, -0.25) is 4.79 Å². The second kappa shape index (κ2) is 5.48. The van der Waals surface area contributed by atoms with E-state index in [0.717, 1.165) is 45.2 Å². The highest BCUT2D eigenvalue weighted by Crippen LogP contribution is 2.59. The van der Waals surface area contributed by atoms with Crippen LogP contribution >= 0.6 is 0 Å². The summed E-state index contributed by atoms with van der Waals surface area (Å²) in [5, 5.41) is 12.2. The van der Waals surface area contributed by atoms with Gasteiger partial charge in [-0.15, -0.1) is 0 Å². The molecule has 2 aliphatic heterocycles. The van der Waals surface area contributed by atoms with Crippen LogP contribution in [0.15, 0.2) is 0 Å².